The Morgan fingerprint density at radius 3 is 2.76 bits per heavy atom. The molecule has 94 valence electrons. The quantitative estimate of drug-likeness (QED) is 0.861. The summed E-state index contributed by atoms with van der Waals surface area (Å²) in [5, 5.41) is 3.37. The maximum atomic E-state index is 5.71. The maximum absolute atomic E-state index is 5.71. The van der Waals surface area contributed by atoms with E-state index in [1.54, 1.807) is 0 Å². The third kappa shape index (κ3) is 4.02. The first-order valence-corrected chi connectivity index (χ1v) is 6.43. The molecule has 17 heavy (non-hydrogen) atoms. The normalized spacial score (nSPS) is 17.4. The zero-order valence-electron chi connectivity index (χ0n) is 10.8. The summed E-state index contributed by atoms with van der Waals surface area (Å²) in [5.74, 6) is 0.979. The van der Waals surface area contributed by atoms with Crippen LogP contribution in [0.4, 0.5) is 0 Å². The van der Waals surface area contributed by atoms with E-state index in [1.165, 1.54) is 5.56 Å². The fourth-order valence-electron chi connectivity index (χ4n) is 2.12. The van der Waals surface area contributed by atoms with Gasteiger partial charge in [0, 0.05) is 32.7 Å². The number of benzene rings is 1. The van der Waals surface area contributed by atoms with Gasteiger partial charge in [0.05, 0.1) is 6.10 Å². The molecule has 1 fully saturated rings. The lowest BCUT2D eigenvalue weighted by atomic mass is 10.2. The summed E-state index contributed by atoms with van der Waals surface area (Å²) in [6.07, 6.45) is 0.240. The van der Waals surface area contributed by atoms with Crippen molar-refractivity contribution in [1.29, 1.82) is 0 Å². The first kappa shape index (κ1) is 12.4. The number of hydrogen-bond donors (Lipinski definition) is 1. The van der Waals surface area contributed by atoms with Crippen LogP contribution in [0.5, 0.6) is 5.75 Å². The zero-order valence-corrected chi connectivity index (χ0v) is 10.8. The van der Waals surface area contributed by atoms with Crippen LogP contribution in [-0.2, 0) is 6.54 Å². The molecule has 0 radical (unpaired) electrons. The van der Waals surface area contributed by atoms with Crippen LogP contribution in [0.25, 0.3) is 0 Å². The van der Waals surface area contributed by atoms with Crippen LogP contribution in [0.2, 0.25) is 0 Å². The number of nitrogens with one attached hydrogen (secondary N) is 1. The lowest BCUT2D eigenvalue weighted by Gasteiger charge is -2.27. The van der Waals surface area contributed by atoms with E-state index in [2.05, 4.69) is 42.3 Å². The molecule has 1 saturated heterocycles. The summed E-state index contributed by atoms with van der Waals surface area (Å²) < 4.78 is 5.71. The van der Waals surface area contributed by atoms with E-state index >= 15 is 0 Å². The van der Waals surface area contributed by atoms with Gasteiger partial charge in [-0.05, 0) is 31.5 Å². The van der Waals surface area contributed by atoms with Gasteiger partial charge in [-0.15, -0.1) is 0 Å². The summed E-state index contributed by atoms with van der Waals surface area (Å²) in [5.41, 5.74) is 1.34. The molecule has 1 aromatic carbocycles. The van der Waals surface area contributed by atoms with Crippen LogP contribution < -0.4 is 10.1 Å². The minimum atomic E-state index is 0.240. The Balaban J connectivity index is 1.95. The third-order valence-electron chi connectivity index (χ3n) is 2.89. The monoisotopic (exact) mass is 234 g/mol. The molecule has 1 N–H and O–H groups in total. The molecule has 1 aromatic rings. The van der Waals surface area contributed by atoms with Crippen LogP contribution in [0.3, 0.4) is 0 Å². The summed E-state index contributed by atoms with van der Waals surface area (Å²) in [7, 11) is 0. The van der Waals surface area contributed by atoms with Crippen molar-refractivity contribution in [2.45, 2.75) is 26.5 Å². The highest BCUT2D eigenvalue weighted by molar-refractivity contribution is 5.28. The van der Waals surface area contributed by atoms with Crippen molar-refractivity contribution in [3.05, 3.63) is 29.8 Å². The van der Waals surface area contributed by atoms with Crippen LogP contribution in [0.1, 0.15) is 19.4 Å². The van der Waals surface area contributed by atoms with Gasteiger partial charge < -0.3 is 10.1 Å². The topological polar surface area (TPSA) is 24.5 Å². The largest absolute Gasteiger partial charge is 0.491 e. The predicted molar refractivity (Wildman–Crippen MR) is 70.4 cm³/mol. The van der Waals surface area contributed by atoms with Crippen molar-refractivity contribution in [2.75, 3.05) is 26.2 Å². The number of rotatable bonds is 4. The molecule has 2 rings (SSSR count). The molecule has 0 amide bonds. The fourth-order valence-corrected chi connectivity index (χ4v) is 2.12. The van der Waals surface area contributed by atoms with Crippen molar-refractivity contribution < 1.29 is 4.74 Å². The Hall–Kier alpha value is -1.06. The van der Waals surface area contributed by atoms with Gasteiger partial charge in [-0.2, -0.15) is 0 Å². The average Bonchev–Trinajstić information content (AvgIpc) is 2.30. The lowest BCUT2D eigenvalue weighted by molar-refractivity contribution is 0.229. The van der Waals surface area contributed by atoms with E-state index in [4.69, 9.17) is 4.74 Å². The summed E-state index contributed by atoms with van der Waals surface area (Å²) in [6, 6.07) is 8.44. The van der Waals surface area contributed by atoms with Crippen LogP contribution in [0.15, 0.2) is 24.3 Å². The Labute approximate surface area is 104 Å². The van der Waals surface area contributed by atoms with Crippen molar-refractivity contribution in [2.24, 2.45) is 0 Å². The maximum Gasteiger partial charge on any atom is 0.120 e. The third-order valence-corrected chi connectivity index (χ3v) is 2.89. The van der Waals surface area contributed by atoms with Gasteiger partial charge in [-0.3, -0.25) is 4.90 Å². The van der Waals surface area contributed by atoms with Crippen molar-refractivity contribution in [1.82, 2.24) is 10.2 Å². The van der Waals surface area contributed by atoms with E-state index in [1.807, 2.05) is 6.07 Å². The smallest absolute Gasteiger partial charge is 0.120 e. The molecular weight excluding hydrogens is 212 g/mol. The molecule has 1 heterocycles. The first-order chi connectivity index (χ1) is 8.24. The van der Waals surface area contributed by atoms with Gasteiger partial charge >= 0.3 is 0 Å². The Morgan fingerprint density at radius 2 is 2.06 bits per heavy atom. The molecule has 1 aliphatic heterocycles. The molecule has 0 unspecified atom stereocenters. The Kier molecular flexibility index (Phi) is 4.40. The van der Waals surface area contributed by atoms with E-state index < -0.39 is 0 Å². The van der Waals surface area contributed by atoms with E-state index in [9.17, 15) is 0 Å². The molecule has 0 bridgehead atoms. The number of nitrogens with zero attached hydrogens (tertiary/aromatic N) is 1. The van der Waals surface area contributed by atoms with Gasteiger partial charge in [-0.25, -0.2) is 0 Å². The molecule has 0 aromatic heterocycles. The highest BCUT2D eigenvalue weighted by Crippen LogP contribution is 2.16. The SMILES string of the molecule is CC(C)Oc1cccc(CN2CCNCC2)c1. The summed E-state index contributed by atoms with van der Waals surface area (Å²) in [6.45, 7) is 9.61. The standard InChI is InChI=1S/C14H22N2O/c1-12(2)17-14-5-3-4-13(10-14)11-16-8-6-15-7-9-16/h3-5,10,12,15H,6-9,11H2,1-2H3. The van der Waals surface area contributed by atoms with Gasteiger partial charge in [0.2, 0.25) is 0 Å². The van der Waals surface area contributed by atoms with Gasteiger partial charge in [0.15, 0.2) is 0 Å². The number of piperazine rings is 1. The molecule has 1 aliphatic rings. The van der Waals surface area contributed by atoms with Gasteiger partial charge in [0.1, 0.15) is 5.75 Å². The van der Waals surface area contributed by atoms with Gasteiger partial charge in [-0.1, -0.05) is 12.1 Å². The van der Waals surface area contributed by atoms with Crippen LogP contribution in [-0.4, -0.2) is 37.2 Å². The predicted octanol–water partition coefficient (Wildman–Crippen LogP) is 1.88. The molecule has 0 spiro atoms. The highest BCUT2D eigenvalue weighted by Gasteiger charge is 2.10. The first-order valence-electron chi connectivity index (χ1n) is 6.43. The Morgan fingerprint density at radius 1 is 1.29 bits per heavy atom. The molecule has 3 nitrogen and oxygen atoms in total. The van der Waals surface area contributed by atoms with E-state index in [-0.39, 0.29) is 6.10 Å². The fraction of sp³-hybridized carbons (Fsp3) is 0.571. The molecule has 0 saturated carbocycles. The summed E-state index contributed by atoms with van der Waals surface area (Å²) >= 11 is 0. The minimum Gasteiger partial charge on any atom is -0.491 e. The molecule has 3 heteroatoms. The second kappa shape index (κ2) is 6.03. The second-order valence-electron chi connectivity index (χ2n) is 4.84. The van der Waals surface area contributed by atoms with E-state index in [0.717, 1.165) is 38.5 Å². The minimum absolute atomic E-state index is 0.240. The highest BCUT2D eigenvalue weighted by atomic mass is 16.5. The van der Waals surface area contributed by atoms with Crippen molar-refractivity contribution in [3.63, 3.8) is 0 Å². The number of ether oxygens (including phenoxy) is 1. The second-order valence-corrected chi connectivity index (χ2v) is 4.84. The van der Waals surface area contributed by atoms with E-state index in [0.29, 0.717) is 0 Å². The van der Waals surface area contributed by atoms with Crippen LogP contribution in [0, 0.1) is 0 Å². The molecule has 0 atom stereocenters. The average molecular weight is 234 g/mol. The zero-order chi connectivity index (χ0) is 12.1. The summed E-state index contributed by atoms with van der Waals surface area (Å²) in [4.78, 5) is 2.48. The van der Waals surface area contributed by atoms with Crippen LogP contribution >= 0.6 is 0 Å². The lowest BCUT2D eigenvalue weighted by Crippen LogP contribution is -2.42. The number of hydrogen-bond acceptors (Lipinski definition) is 3. The molecular formula is C14H22N2O. The van der Waals surface area contributed by atoms with Gasteiger partial charge in [0.25, 0.3) is 0 Å². The van der Waals surface area contributed by atoms with Crippen molar-refractivity contribution >= 4 is 0 Å². The van der Waals surface area contributed by atoms with Crippen molar-refractivity contribution in [3.8, 4) is 5.75 Å². The molecule has 0 aliphatic carbocycles. The Bertz CT molecular complexity index is 346.